The molecule has 0 aliphatic heterocycles. The third kappa shape index (κ3) is 1.05. The van der Waals surface area contributed by atoms with Crippen molar-refractivity contribution in [3.63, 3.8) is 0 Å². The maximum absolute atomic E-state index is 11.1. The molecule has 0 radical (unpaired) electrons. The van der Waals surface area contributed by atoms with Crippen LogP contribution in [0.4, 0.5) is 0 Å². The standard InChI is InChI=1S/C6H7N5O2/c1-3-8-5(13-7)2-4-9-10-6(12)11(3)4/h2H,7H2,1H3,(H,10,12). The van der Waals surface area contributed by atoms with Crippen LogP contribution in [-0.4, -0.2) is 19.6 Å². The summed E-state index contributed by atoms with van der Waals surface area (Å²) in [5.41, 5.74) is 0.0986. The summed E-state index contributed by atoms with van der Waals surface area (Å²) in [6.07, 6.45) is 0. The van der Waals surface area contributed by atoms with Crippen LogP contribution in [0, 0.1) is 6.92 Å². The van der Waals surface area contributed by atoms with Gasteiger partial charge >= 0.3 is 5.69 Å². The van der Waals surface area contributed by atoms with E-state index in [0.717, 1.165) is 0 Å². The summed E-state index contributed by atoms with van der Waals surface area (Å²) >= 11 is 0. The first-order chi connectivity index (χ1) is 6.22. The highest BCUT2D eigenvalue weighted by Crippen LogP contribution is 2.07. The van der Waals surface area contributed by atoms with Gasteiger partial charge in [0.1, 0.15) is 5.82 Å². The quantitative estimate of drug-likeness (QED) is 0.548. The molecule has 0 aromatic carbocycles. The van der Waals surface area contributed by atoms with Crippen molar-refractivity contribution < 1.29 is 4.84 Å². The Morgan fingerprint density at radius 2 is 2.46 bits per heavy atom. The van der Waals surface area contributed by atoms with Crippen molar-refractivity contribution in [1.29, 1.82) is 0 Å². The zero-order valence-electron chi connectivity index (χ0n) is 6.81. The highest BCUT2D eigenvalue weighted by atomic mass is 16.6. The van der Waals surface area contributed by atoms with Crippen molar-refractivity contribution in [2.75, 3.05) is 0 Å². The summed E-state index contributed by atoms with van der Waals surface area (Å²) in [6, 6.07) is 1.46. The Balaban J connectivity index is 2.87. The predicted octanol–water partition coefficient (Wildman–Crippen LogP) is -1.02. The van der Waals surface area contributed by atoms with Crippen molar-refractivity contribution in [2.45, 2.75) is 6.92 Å². The number of aromatic nitrogens is 4. The molecule has 2 aromatic heterocycles. The molecule has 2 aromatic rings. The van der Waals surface area contributed by atoms with Crippen LogP contribution < -0.4 is 16.4 Å². The van der Waals surface area contributed by atoms with Crippen molar-refractivity contribution in [1.82, 2.24) is 19.6 Å². The van der Waals surface area contributed by atoms with E-state index in [1.807, 2.05) is 0 Å². The molecule has 0 fully saturated rings. The highest BCUT2D eigenvalue weighted by molar-refractivity contribution is 5.40. The van der Waals surface area contributed by atoms with Crippen LogP contribution in [0.2, 0.25) is 0 Å². The first kappa shape index (κ1) is 7.74. The monoisotopic (exact) mass is 181 g/mol. The Kier molecular flexibility index (Phi) is 1.52. The second kappa shape index (κ2) is 2.56. The van der Waals surface area contributed by atoms with Crippen molar-refractivity contribution in [3.05, 3.63) is 22.4 Å². The second-order valence-electron chi connectivity index (χ2n) is 2.48. The molecule has 7 heteroatoms. The number of H-pyrrole nitrogens is 1. The molecule has 0 amide bonds. The molecular formula is C6H7N5O2. The van der Waals surface area contributed by atoms with E-state index in [9.17, 15) is 4.79 Å². The van der Waals surface area contributed by atoms with Gasteiger partial charge in [-0.3, -0.25) is 0 Å². The summed E-state index contributed by atoms with van der Waals surface area (Å²) in [4.78, 5) is 19.5. The summed E-state index contributed by atoms with van der Waals surface area (Å²) < 4.78 is 1.32. The number of nitrogens with zero attached hydrogens (tertiary/aromatic N) is 3. The number of fused-ring (bicyclic) bond motifs is 1. The molecule has 13 heavy (non-hydrogen) atoms. The zero-order chi connectivity index (χ0) is 9.42. The average Bonchev–Trinajstić information content (AvgIpc) is 2.48. The molecule has 2 heterocycles. The normalized spacial score (nSPS) is 10.6. The molecule has 3 N–H and O–H groups in total. The van der Waals surface area contributed by atoms with Crippen molar-refractivity contribution >= 4 is 5.65 Å². The van der Waals surface area contributed by atoms with Crippen LogP contribution in [0.15, 0.2) is 10.9 Å². The van der Waals surface area contributed by atoms with Gasteiger partial charge < -0.3 is 4.84 Å². The van der Waals surface area contributed by atoms with E-state index in [1.165, 1.54) is 10.5 Å². The van der Waals surface area contributed by atoms with E-state index in [4.69, 9.17) is 5.90 Å². The minimum absolute atomic E-state index is 0.226. The zero-order valence-corrected chi connectivity index (χ0v) is 6.81. The lowest BCUT2D eigenvalue weighted by Gasteiger charge is -1.99. The lowest BCUT2D eigenvalue weighted by molar-refractivity contribution is 0.319. The molecular weight excluding hydrogens is 174 g/mol. The van der Waals surface area contributed by atoms with Gasteiger partial charge in [0.2, 0.25) is 5.88 Å². The number of rotatable bonds is 1. The minimum Gasteiger partial charge on any atom is -0.391 e. The van der Waals surface area contributed by atoms with Gasteiger partial charge in [-0.15, -0.1) is 0 Å². The smallest absolute Gasteiger partial charge is 0.349 e. The van der Waals surface area contributed by atoms with E-state index in [0.29, 0.717) is 11.5 Å². The maximum Gasteiger partial charge on any atom is 0.349 e. The van der Waals surface area contributed by atoms with Gasteiger partial charge in [0, 0.05) is 6.07 Å². The molecule has 0 bridgehead atoms. The SMILES string of the molecule is Cc1nc(ON)cc2n[nH]c(=O)n12. The molecule has 68 valence electrons. The summed E-state index contributed by atoms with van der Waals surface area (Å²) in [5.74, 6) is 5.62. The van der Waals surface area contributed by atoms with Gasteiger partial charge in [0.05, 0.1) is 0 Å². The Morgan fingerprint density at radius 1 is 1.69 bits per heavy atom. The number of hydrogen-bond donors (Lipinski definition) is 2. The Labute approximate surface area is 72.1 Å². The van der Waals surface area contributed by atoms with E-state index in [-0.39, 0.29) is 11.6 Å². The van der Waals surface area contributed by atoms with E-state index in [2.05, 4.69) is 20.0 Å². The van der Waals surface area contributed by atoms with Crippen LogP contribution in [0.5, 0.6) is 5.88 Å². The van der Waals surface area contributed by atoms with Crippen molar-refractivity contribution in [2.24, 2.45) is 5.90 Å². The van der Waals surface area contributed by atoms with Gasteiger partial charge in [-0.05, 0) is 6.92 Å². The summed E-state index contributed by atoms with van der Waals surface area (Å²) in [7, 11) is 0. The molecule has 2 rings (SSSR count). The third-order valence-corrected chi connectivity index (χ3v) is 1.67. The van der Waals surface area contributed by atoms with Gasteiger partial charge in [-0.1, -0.05) is 0 Å². The van der Waals surface area contributed by atoms with E-state index < -0.39 is 0 Å². The van der Waals surface area contributed by atoms with Crippen LogP contribution >= 0.6 is 0 Å². The van der Waals surface area contributed by atoms with Crippen LogP contribution in [0.1, 0.15) is 5.82 Å². The number of nitrogens with two attached hydrogens (primary N) is 1. The number of aromatic amines is 1. The molecule has 0 saturated heterocycles. The largest absolute Gasteiger partial charge is 0.391 e. The maximum atomic E-state index is 11.1. The first-order valence-corrected chi connectivity index (χ1v) is 3.54. The van der Waals surface area contributed by atoms with Crippen LogP contribution in [-0.2, 0) is 0 Å². The topological polar surface area (TPSA) is 98.3 Å². The molecule has 7 nitrogen and oxygen atoms in total. The first-order valence-electron chi connectivity index (χ1n) is 3.54. The van der Waals surface area contributed by atoms with Gasteiger partial charge in [-0.25, -0.2) is 14.3 Å². The lowest BCUT2D eigenvalue weighted by atomic mass is 10.5. The fourth-order valence-electron chi connectivity index (χ4n) is 1.13. The Bertz CT molecular complexity index is 499. The molecule has 0 aliphatic rings. The second-order valence-corrected chi connectivity index (χ2v) is 2.48. The van der Waals surface area contributed by atoms with E-state index >= 15 is 0 Å². The molecule has 0 spiro atoms. The van der Waals surface area contributed by atoms with Crippen LogP contribution in [0.3, 0.4) is 0 Å². The fraction of sp³-hybridized carbons (Fsp3) is 0.167. The van der Waals surface area contributed by atoms with Gasteiger partial charge in [-0.2, -0.15) is 16.0 Å². The highest BCUT2D eigenvalue weighted by Gasteiger charge is 2.06. The molecule has 0 atom stereocenters. The summed E-state index contributed by atoms with van der Waals surface area (Å²) in [5, 5.41) is 6.03. The average molecular weight is 181 g/mol. The minimum atomic E-state index is -0.330. The molecule has 0 aliphatic carbocycles. The third-order valence-electron chi connectivity index (χ3n) is 1.67. The molecule has 0 saturated carbocycles. The molecule has 0 unspecified atom stereocenters. The van der Waals surface area contributed by atoms with Crippen LogP contribution in [0.25, 0.3) is 5.65 Å². The number of nitrogens with one attached hydrogen (secondary N) is 1. The van der Waals surface area contributed by atoms with Gasteiger partial charge in [0.15, 0.2) is 5.65 Å². The fourth-order valence-corrected chi connectivity index (χ4v) is 1.13. The number of hydrogen-bond acceptors (Lipinski definition) is 5. The van der Waals surface area contributed by atoms with Crippen molar-refractivity contribution in [3.8, 4) is 5.88 Å². The number of aryl methyl sites for hydroxylation is 1. The predicted molar refractivity (Wildman–Crippen MR) is 43.2 cm³/mol. The Hall–Kier alpha value is -1.89. The Morgan fingerprint density at radius 3 is 3.15 bits per heavy atom. The summed E-state index contributed by atoms with van der Waals surface area (Å²) in [6.45, 7) is 1.66. The lowest BCUT2D eigenvalue weighted by Crippen LogP contribution is -2.14. The van der Waals surface area contributed by atoms with Gasteiger partial charge in [0.25, 0.3) is 0 Å². The van der Waals surface area contributed by atoms with E-state index in [1.54, 1.807) is 6.92 Å².